The Balaban J connectivity index is 1.97. The van der Waals surface area contributed by atoms with Crippen molar-refractivity contribution >= 4 is 0 Å². The van der Waals surface area contributed by atoms with E-state index in [1.807, 2.05) is 6.07 Å². The van der Waals surface area contributed by atoms with E-state index in [9.17, 15) is 8.78 Å². The van der Waals surface area contributed by atoms with E-state index in [-0.39, 0.29) is 12.2 Å². The maximum Gasteiger partial charge on any atom is 0.263 e. The molecule has 1 aliphatic heterocycles. The predicted molar refractivity (Wildman–Crippen MR) is 74.8 cm³/mol. The molecule has 3 nitrogen and oxygen atoms in total. The third-order valence-corrected chi connectivity index (χ3v) is 3.67. The van der Waals surface area contributed by atoms with Crippen LogP contribution in [0, 0.1) is 0 Å². The van der Waals surface area contributed by atoms with E-state index in [0.717, 1.165) is 25.1 Å². The molecule has 1 aromatic carbocycles. The Hall–Kier alpha value is -1.04. The molecule has 5 heteroatoms. The van der Waals surface area contributed by atoms with Gasteiger partial charge in [-0.15, -0.1) is 0 Å². The second-order valence-electron chi connectivity index (χ2n) is 5.30. The van der Waals surface area contributed by atoms with E-state index in [1.54, 1.807) is 12.1 Å². The number of benzene rings is 1. The Morgan fingerprint density at radius 3 is 2.90 bits per heavy atom. The number of aliphatic hydroxyl groups is 1. The Labute approximate surface area is 118 Å². The molecule has 112 valence electrons. The summed E-state index contributed by atoms with van der Waals surface area (Å²) in [5.41, 5.74) is 0.930. The second kappa shape index (κ2) is 7.67. The lowest BCUT2D eigenvalue weighted by molar-refractivity contribution is 0.150. The van der Waals surface area contributed by atoms with Gasteiger partial charge in [0.05, 0.1) is 6.61 Å². The highest BCUT2D eigenvalue weighted by Crippen LogP contribution is 2.20. The number of hydrogen-bond acceptors (Lipinski definition) is 3. The maximum absolute atomic E-state index is 12.7. The summed E-state index contributed by atoms with van der Waals surface area (Å²) in [4.78, 5) is 2.12. The Morgan fingerprint density at radius 2 is 2.25 bits per heavy atom. The molecule has 0 aliphatic carbocycles. The predicted octanol–water partition coefficient (Wildman–Crippen LogP) is 2.17. The molecule has 1 saturated heterocycles. The average molecular weight is 284 g/mol. The first-order valence-electron chi connectivity index (χ1n) is 7.12. The Kier molecular flexibility index (Phi) is 5.88. The first-order valence-corrected chi connectivity index (χ1v) is 7.12. The van der Waals surface area contributed by atoms with Crippen molar-refractivity contribution in [2.75, 3.05) is 26.2 Å². The van der Waals surface area contributed by atoms with Gasteiger partial charge < -0.3 is 10.4 Å². The van der Waals surface area contributed by atoms with Crippen LogP contribution in [-0.2, 0) is 6.54 Å². The highest BCUT2D eigenvalue weighted by molar-refractivity contribution is 5.24. The molecule has 1 aromatic rings. The van der Waals surface area contributed by atoms with Crippen LogP contribution in [0.4, 0.5) is 8.78 Å². The van der Waals surface area contributed by atoms with Crippen LogP contribution in [-0.4, -0.2) is 42.3 Å². The average Bonchev–Trinajstić information content (AvgIpc) is 2.92. The number of nitrogens with zero attached hydrogens (tertiary/aromatic N) is 1. The molecule has 0 radical (unpaired) electrons. The molecule has 2 N–H and O–H groups in total. The van der Waals surface area contributed by atoms with E-state index < -0.39 is 6.43 Å². The largest absolute Gasteiger partial charge is 0.395 e. The monoisotopic (exact) mass is 284 g/mol. The number of halogens is 2. The fourth-order valence-electron chi connectivity index (χ4n) is 2.69. The third-order valence-electron chi connectivity index (χ3n) is 3.67. The van der Waals surface area contributed by atoms with Crippen molar-refractivity contribution in [3.63, 3.8) is 0 Å². The van der Waals surface area contributed by atoms with Gasteiger partial charge >= 0.3 is 0 Å². The smallest absolute Gasteiger partial charge is 0.263 e. The van der Waals surface area contributed by atoms with Gasteiger partial charge in [-0.25, -0.2) is 8.78 Å². The van der Waals surface area contributed by atoms with Gasteiger partial charge in [-0.05, 0) is 31.0 Å². The lowest BCUT2D eigenvalue weighted by atomic mass is 10.1. The summed E-state index contributed by atoms with van der Waals surface area (Å²) in [7, 11) is 0. The van der Waals surface area contributed by atoms with E-state index in [4.69, 9.17) is 5.11 Å². The zero-order valence-electron chi connectivity index (χ0n) is 11.6. The molecule has 0 spiro atoms. The molecular formula is C15H22F2N2O. The van der Waals surface area contributed by atoms with Crippen LogP contribution in [0.3, 0.4) is 0 Å². The third kappa shape index (κ3) is 4.51. The minimum absolute atomic E-state index is 0.0606. The lowest BCUT2D eigenvalue weighted by Crippen LogP contribution is -2.38. The fraction of sp³-hybridized carbons (Fsp3) is 0.600. The van der Waals surface area contributed by atoms with Gasteiger partial charge in [0.1, 0.15) is 0 Å². The van der Waals surface area contributed by atoms with Gasteiger partial charge in [0, 0.05) is 31.2 Å². The zero-order valence-corrected chi connectivity index (χ0v) is 11.6. The molecule has 0 saturated carbocycles. The van der Waals surface area contributed by atoms with Crippen LogP contribution in [0.25, 0.3) is 0 Å². The quantitative estimate of drug-likeness (QED) is 0.805. The molecule has 1 heterocycles. The number of hydrogen-bond donors (Lipinski definition) is 2. The minimum Gasteiger partial charge on any atom is -0.395 e. The second-order valence-corrected chi connectivity index (χ2v) is 5.30. The number of alkyl halides is 2. The molecule has 1 atom stereocenters. The van der Waals surface area contributed by atoms with Gasteiger partial charge in [-0.1, -0.05) is 18.2 Å². The van der Waals surface area contributed by atoms with Crippen LogP contribution in [0.2, 0.25) is 0 Å². The van der Waals surface area contributed by atoms with E-state index in [2.05, 4.69) is 10.2 Å². The van der Waals surface area contributed by atoms with Gasteiger partial charge in [-0.2, -0.15) is 0 Å². The summed E-state index contributed by atoms with van der Waals surface area (Å²) in [5, 5.41) is 12.6. The highest BCUT2D eigenvalue weighted by atomic mass is 19.3. The van der Waals surface area contributed by atoms with Crippen LogP contribution in [0.1, 0.15) is 30.4 Å². The van der Waals surface area contributed by atoms with Crippen molar-refractivity contribution in [2.45, 2.75) is 31.9 Å². The van der Waals surface area contributed by atoms with Crippen molar-refractivity contribution < 1.29 is 13.9 Å². The zero-order chi connectivity index (χ0) is 14.4. The summed E-state index contributed by atoms with van der Waals surface area (Å²) in [6.07, 6.45) is -0.116. The van der Waals surface area contributed by atoms with Crippen molar-refractivity contribution in [2.24, 2.45) is 0 Å². The molecule has 0 aromatic heterocycles. The SMILES string of the molecule is OCCN(Cc1cccc(C(F)F)c1)CC1CCCN1. The summed E-state index contributed by atoms with van der Waals surface area (Å²) < 4.78 is 25.4. The minimum atomic E-state index is -2.43. The summed E-state index contributed by atoms with van der Waals surface area (Å²) >= 11 is 0. The van der Waals surface area contributed by atoms with Crippen molar-refractivity contribution in [3.8, 4) is 0 Å². The first-order chi connectivity index (χ1) is 9.69. The first kappa shape index (κ1) is 15.4. The fourth-order valence-corrected chi connectivity index (χ4v) is 2.69. The Morgan fingerprint density at radius 1 is 1.40 bits per heavy atom. The number of nitrogens with one attached hydrogen (secondary N) is 1. The van der Waals surface area contributed by atoms with Crippen molar-refractivity contribution in [1.82, 2.24) is 10.2 Å². The van der Waals surface area contributed by atoms with Gasteiger partial charge in [0.15, 0.2) is 0 Å². The summed E-state index contributed by atoms with van der Waals surface area (Å²) in [6.45, 7) is 3.13. The number of rotatable bonds is 7. The van der Waals surface area contributed by atoms with Crippen LogP contribution in [0.15, 0.2) is 24.3 Å². The number of aliphatic hydroxyl groups excluding tert-OH is 1. The molecule has 0 amide bonds. The van der Waals surface area contributed by atoms with Crippen molar-refractivity contribution in [1.29, 1.82) is 0 Å². The van der Waals surface area contributed by atoms with Crippen LogP contribution >= 0.6 is 0 Å². The highest BCUT2D eigenvalue weighted by Gasteiger charge is 2.18. The maximum atomic E-state index is 12.7. The molecule has 1 fully saturated rings. The summed E-state index contributed by atoms with van der Waals surface area (Å²) in [6, 6.07) is 6.97. The lowest BCUT2D eigenvalue weighted by Gasteiger charge is -2.25. The van der Waals surface area contributed by atoms with Gasteiger partial charge in [0.25, 0.3) is 6.43 Å². The van der Waals surface area contributed by atoms with Crippen molar-refractivity contribution in [3.05, 3.63) is 35.4 Å². The van der Waals surface area contributed by atoms with Crippen LogP contribution in [0.5, 0.6) is 0 Å². The molecule has 20 heavy (non-hydrogen) atoms. The van der Waals surface area contributed by atoms with Gasteiger partial charge in [-0.3, -0.25) is 4.90 Å². The Bertz CT molecular complexity index is 409. The standard InChI is InChI=1S/C15H22F2N2O/c16-15(17)13-4-1-3-12(9-13)10-19(7-8-20)11-14-5-2-6-18-14/h1,3-4,9,14-15,18,20H,2,5-8,10-11H2. The van der Waals surface area contributed by atoms with Gasteiger partial charge in [0.2, 0.25) is 0 Å². The van der Waals surface area contributed by atoms with Crippen LogP contribution < -0.4 is 5.32 Å². The normalized spacial score (nSPS) is 19.1. The van der Waals surface area contributed by atoms with E-state index in [1.165, 1.54) is 12.5 Å². The van der Waals surface area contributed by atoms with E-state index >= 15 is 0 Å². The molecule has 1 unspecified atom stereocenters. The molecule has 1 aliphatic rings. The molecule has 0 bridgehead atoms. The molecular weight excluding hydrogens is 262 g/mol. The molecule has 2 rings (SSSR count). The summed E-state index contributed by atoms with van der Waals surface area (Å²) in [5.74, 6) is 0. The topological polar surface area (TPSA) is 35.5 Å². The van der Waals surface area contributed by atoms with E-state index in [0.29, 0.717) is 19.1 Å².